The van der Waals surface area contributed by atoms with Gasteiger partial charge >= 0.3 is 5.97 Å². The van der Waals surface area contributed by atoms with Gasteiger partial charge in [0, 0.05) is 27.1 Å². The summed E-state index contributed by atoms with van der Waals surface area (Å²) in [5.74, 6) is -0.995. The van der Waals surface area contributed by atoms with E-state index in [1.54, 1.807) is 22.7 Å². The van der Waals surface area contributed by atoms with Crippen molar-refractivity contribution in [2.24, 2.45) is 0 Å². The van der Waals surface area contributed by atoms with Crippen LogP contribution in [0.3, 0.4) is 0 Å². The van der Waals surface area contributed by atoms with E-state index in [2.05, 4.69) is 18.2 Å². The van der Waals surface area contributed by atoms with E-state index in [1.807, 2.05) is 34.6 Å². The Bertz CT molecular complexity index is 1390. The zero-order valence-electron chi connectivity index (χ0n) is 19.6. The standard InChI is InChI=1S/C26H28N2O3S2/c1-13-20(23(25(29)30)31-26(3,4)5)21(15-10-11-19-17(12-15)28-14(2)32-19)22-16-8-6-7-9-18(16)33-24(22)27-13/h10-12,23H,6-9H2,1-5H3,(H,29,30). The first-order chi connectivity index (χ1) is 15.6. The Morgan fingerprint density at radius 3 is 2.61 bits per heavy atom. The fourth-order valence-corrected chi connectivity index (χ4v) is 6.95. The maximum Gasteiger partial charge on any atom is 0.337 e. The summed E-state index contributed by atoms with van der Waals surface area (Å²) < 4.78 is 7.27. The summed E-state index contributed by atoms with van der Waals surface area (Å²) in [6.07, 6.45) is 3.30. The summed E-state index contributed by atoms with van der Waals surface area (Å²) in [7, 11) is 0. The SMILES string of the molecule is Cc1nc2cc(-c3c(C(OC(C)(C)C)C(=O)O)c(C)nc4sc5c(c34)CCCC5)ccc2s1. The van der Waals surface area contributed by atoms with Gasteiger partial charge in [0.25, 0.3) is 0 Å². The van der Waals surface area contributed by atoms with Gasteiger partial charge in [0.1, 0.15) is 4.83 Å². The van der Waals surface area contributed by atoms with E-state index in [0.717, 1.165) is 55.8 Å². The Balaban J connectivity index is 1.87. The number of aliphatic carboxylic acids is 1. The van der Waals surface area contributed by atoms with Crippen LogP contribution in [0.25, 0.3) is 31.6 Å². The Kier molecular flexibility index (Phi) is 5.54. The van der Waals surface area contributed by atoms with Gasteiger partial charge in [0.2, 0.25) is 0 Å². The molecule has 3 heterocycles. The number of aryl methyl sites for hydroxylation is 4. The molecule has 172 valence electrons. The lowest BCUT2D eigenvalue weighted by molar-refractivity contribution is -0.160. The van der Waals surface area contributed by atoms with Gasteiger partial charge in [-0.2, -0.15) is 0 Å². The molecule has 1 atom stereocenters. The maximum atomic E-state index is 12.5. The van der Waals surface area contributed by atoms with Crippen LogP contribution < -0.4 is 0 Å². The van der Waals surface area contributed by atoms with Crippen molar-refractivity contribution >= 4 is 49.1 Å². The van der Waals surface area contributed by atoms with Gasteiger partial charge in [0.05, 0.1) is 20.8 Å². The number of hydrogen-bond donors (Lipinski definition) is 1. The molecule has 0 amide bonds. The largest absolute Gasteiger partial charge is 0.479 e. The topological polar surface area (TPSA) is 72.3 Å². The smallest absolute Gasteiger partial charge is 0.337 e. The highest BCUT2D eigenvalue weighted by molar-refractivity contribution is 7.19. The van der Waals surface area contributed by atoms with Crippen molar-refractivity contribution in [3.63, 3.8) is 0 Å². The third kappa shape index (κ3) is 4.07. The Labute approximate surface area is 201 Å². The van der Waals surface area contributed by atoms with E-state index in [9.17, 15) is 9.90 Å². The molecule has 1 N–H and O–H groups in total. The first kappa shape index (κ1) is 22.4. The molecule has 7 heteroatoms. The van der Waals surface area contributed by atoms with Crippen LogP contribution >= 0.6 is 22.7 Å². The highest BCUT2D eigenvalue weighted by Crippen LogP contribution is 2.46. The molecule has 1 aromatic carbocycles. The summed E-state index contributed by atoms with van der Waals surface area (Å²) in [6.45, 7) is 9.59. The normalized spacial score (nSPS) is 15.2. The van der Waals surface area contributed by atoms with E-state index >= 15 is 0 Å². The third-order valence-corrected chi connectivity index (χ3v) is 8.21. The van der Waals surface area contributed by atoms with Crippen molar-refractivity contribution in [1.29, 1.82) is 0 Å². The molecule has 0 spiro atoms. The second-order valence-corrected chi connectivity index (χ2v) is 12.1. The first-order valence-electron chi connectivity index (χ1n) is 11.4. The zero-order chi connectivity index (χ0) is 23.5. The number of carbonyl (C=O) groups is 1. The number of ether oxygens (including phenoxy) is 1. The number of hydrogen-bond acceptors (Lipinski definition) is 6. The average molecular weight is 481 g/mol. The van der Waals surface area contributed by atoms with Crippen molar-refractivity contribution in [2.75, 3.05) is 0 Å². The predicted octanol–water partition coefficient (Wildman–Crippen LogP) is 7.01. The maximum absolute atomic E-state index is 12.5. The quantitative estimate of drug-likeness (QED) is 0.340. The lowest BCUT2D eigenvalue weighted by Crippen LogP contribution is -2.28. The molecule has 1 unspecified atom stereocenters. The minimum atomic E-state index is -1.11. The molecule has 33 heavy (non-hydrogen) atoms. The number of benzene rings is 1. The number of rotatable bonds is 4. The highest BCUT2D eigenvalue weighted by Gasteiger charge is 2.34. The summed E-state index contributed by atoms with van der Waals surface area (Å²) in [5.41, 5.74) is 4.95. The van der Waals surface area contributed by atoms with Crippen LogP contribution in [0.1, 0.15) is 66.4 Å². The average Bonchev–Trinajstić information content (AvgIpc) is 3.28. The molecule has 0 radical (unpaired) electrons. The van der Waals surface area contributed by atoms with Gasteiger partial charge in [-0.1, -0.05) is 6.07 Å². The number of thiazole rings is 1. The van der Waals surface area contributed by atoms with Crippen molar-refractivity contribution in [1.82, 2.24) is 9.97 Å². The molecule has 0 saturated heterocycles. The lowest BCUT2D eigenvalue weighted by atomic mass is 9.88. The van der Waals surface area contributed by atoms with Crippen molar-refractivity contribution in [3.05, 3.63) is 44.9 Å². The van der Waals surface area contributed by atoms with E-state index in [1.165, 1.54) is 16.9 Å². The first-order valence-corrected chi connectivity index (χ1v) is 13.0. The number of thiophene rings is 1. The van der Waals surface area contributed by atoms with Gasteiger partial charge in [-0.3, -0.25) is 0 Å². The summed E-state index contributed by atoms with van der Waals surface area (Å²) in [6, 6.07) is 6.29. The predicted molar refractivity (Wildman–Crippen MR) is 136 cm³/mol. The van der Waals surface area contributed by atoms with Crippen LogP contribution in [0, 0.1) is 13.8 Å². The molecule has 4 aromatic rings. The zero-order valence-corrected chi connectivity index (χ0v) is 21.2. The molecule has 5 rings (SSSR count). The van der Waals surface area contributed by atoms with Gasteiger partial charge in [0.15, 0.2) is 6.10 Å². The van der Waals surface area contributed by atoms with Crippen molar-refractivity contribution in [2.45, 2.75) is 72.0 Å². The van der Waals surface area contributed by atoms with Crippen molar-refractivity contribution in [3.8, 4) is 11.1 Å². The highest BCUT2D eigenvalue weighted by atomic mass is 32.1. The van der Waals surface area contributed by atoms with Gasteiger partial charge < -0.3 is 9.84 Å². The Morgan fingerprint density at radius 2 is 1.88 bits per heavy atom. The number of carboxylic acid groups (broad SMARTS) is 1. The van der Waals surface area contributed by atoms with Crippen LogP contribution in [0.4, 0.5) is 0 Å². The number of fused-ring (bicyclic) bond motifs is 4. The van der Waals surface area contributed by atoms with E-state index < -0.39 is 17.7 Å². The number of pyridine rings is 1. The molecule has 0 fully saturated rings. The van der Waals surface area contributed by atoms with Crippen LogP contribution in [-0.2, 0) is 22.4 Å². The molecule has 5 nitrogen and oxygen atoms in total. The molecular formula is C26H28N2O3S2. The fourth-order valence-electron chi connectivity index (χ4n) is 4.82. The second-order valence-electron chi connectivity index (χ2n) is 9.74. The van der Waals surface area contributed by atoms with E-state index in [0.29, 0.717) is 11.3 Å². The Hall–Kier alpha value is -2.35. The van der Waals surface area contributed by atoms with E-state index in [-0.39, 0.29) is 0 Å². The lowest BCUT2D eigenvalue weighted by Gasteiger charge is -2.28. The Morgan fingerprint density at radius 1 is 1.12 bits per heavy atom. The molecule has 0 bridgehead atoms. The number of carboxylic acids is 1. The van der Waals surface area contributed by atoms with Crippen LogP contribution in [0.5, 0.6) is 0 Å². The van der Waals surface area contributed by atoms with Crippen LogP contribution in [0.15, 0.2) is 18.2 Å². The van der Waals surface area contributed by atoms with E-state index in [4.69, 9.17) is 14.7 Å². The summed E-state index contributed by atoms with van der Waals surface area (Å²) in [4.78, 5) is 24.5. The molecule has 1 aliphatic rings. The minimum Gasteiger partial charge on any atom is -0.479 e. The number of aromatic nitrogens is 2. The molecule has 1 aliphatic carbocycles. The molecular weight excluding hydrogens is 452 g/mol. The molecule has 0 saturated carbocycles. The monoisotopic (exact) mass is 480 g/mol. The second kappa shape index (κ2) is 8.15. The summed E-state index contributed by atoms with van der Waals surface area (Å²) in [5, 5.41) is 12.4. The fraction of sp³-hybridized carbons (Fsp3) is 0.423. The van der Waals surface area contributed by atoms with Crippen molar-refractivity contribution < 1.29 is 14.6 Å². The van der Waals surface area contributed by atoms with Gasteiger partial charge in [-0.05, 0) is 83.6 Å². The van der Waals surface area contributed by atoms with Crippen LogP contribution in [-0.4, -0.2) is 26.6 Å². The van der Waals surface area contributed by atoms with Gasteiger partial charge in [-0.25, -0.2) is 14.8 Å². The van der Waals surface area contributed by atoms with Crippen LogP contribution in [0.2, 0.25) is 0 Å². The van der Waals surface area contributed by atoms with Gasteiger partial charge in [-0.15, -0.1) is 22.7 Å². The minimum absolute atomic E-state index is 0.619. The summed E-state index contributed by atoms with van der Waals surface area (Å²) >= 11 is 3.43. The third-order valence-electron chi connectivity index (χ3n) is 6.07. The molecule has 3 aromatic heterocycles. The molecule has 0 aliphatic heterocycles. The number of nitrogens with zero attached hydrogens (tertiary/aromatic N) is 2.